The van der Waals surface area contributed by atoms with E-state index in [1.165, 1.54) is 11.3 Å². The minimum atomic E-state index is -3.50. The Hall–Kier alpha value is -0.430. The number of thiophene rings is 1. The van der Waals surface area contributed by atoms with Crippen molar-refractivity contribution in [1.82, 2.24) is 4.89 Å². The van der Waals surface area contributed by atoms with Gasteiger partial charge in [0.05, 0.1) is 6.61 Å². The van der Waals surface area contributed by atoms with Crippen LogP contribution in [0, 0.1) is 5.92 Å². The molecule has 92 valence electrons. The minimum absolute atomic E-state index is 0.289. The Kier molecular flexibility index (Phi) is 4.91. The first-order valence-electron chi connectivity index (χ1n) is 5.18. The van der Waals surface area contributed by atoms with Gasteiger partial charge >= 0.3 is 0 Å². The van der Waals surface area contributed by atoms with Crippen LogP contribution in [0.5, 0.6) is 0 Å². The SMILES string of the molecule is CCc1ccc(S(=O)(=O)NOCC(C)C)s1. The molecule has 16 heavy (non-hydrogen) atoms. The summed E-state index contributed by atoms with van der Waals surface area (Å²) in [6, 6.07) is 3.42. The van der Waals surface area contributed by atoms with Gasteiger partial charge in [0.25, 0.3) is 10.0 Å². The van der Waals surface area contributed by atoms with Crippen molar-refractivity contribution in [3.8, 4) is 0 Å². The van der Waals surface area contributed by atoms with E-state index in [9.17, 15) is 8.42 Å². The number of hydrogen-bond acceptors (Lipinski definition) is 4. The fraction of sp³-hybridized carbons (Fsp3) is 0.600. The molecule has 0 unspecified atom stereocenters. The van der Waals surface area contributed by atoms with Crippen LogP contribution in [0.4, 0.5) is 0 Å². The molecule has 1 heterocycles. The maximum Gasteiger partial charge on any atom is 0.271 e. The van der Waals surface area contributed by atoms with Crippen molar-refractivity contribution in [3.05, 3.63) is 17.0 Å². The molecular weight excluding hydrogens is 246 g/mol. The molecule has 0 saturated heterocycles. The number of hydrogen-bond donors (Lipinski definition) is 1. The molecule has 0 aliphatic rings. The molecule has 1 rings (SSSR count). The van der Waals surface area contributed by atoms with Crippen LogP contribution >= 0.6 is 11.3 Å². The van der Waals surface area contributed by atoms with E-state index in [2.05, 4.69) is 4.89 Å². The molecule has 0 amide bonds. The van der Waals surface area contributed by atoms with Gasteiger partial charge in [0.2, 0.25) is 0 Å². The lowest BCUT2D eigenvalue weighted by Gasteiger charge is -2.07. The van der Waals surface area contributed by atoms with Gasteiger partial charge in [0.1, 0.15) is 4.21 Å². The largest absolute Gasteiger partial charge is 0.287 e. The second-order valence-corrected chi connectivity index (χ2v) is 6.91. The lowest BCUT2D eigenvalue weighted by molar-refractivity contribution is 0.0720. The van der Waals surface area contributed by atoms with Crippen LogP contribution in [0.1, 0.15) is 25.6 Å². The molecule has 1 aromatic rings. The zero-order valence-electron chi connectivity index (χ0n) is 9.69. The van der Waals surface area contributed by atoms with Gasteiger partial charge in [-0.3, -0.25) is 4.84 Å². The quantitative estimate of drug-likeness (QED) is 0.800. The van der Waals surface area contributed by atoms with Crippen LogP contribution in [0.15, 0.2) is 16.3 Å². The van der Waals surface area contributed by atoms with E-state index in [1.54, 1.807) is 6.07 Å². The van der Waals surface area contributed by atoms with Gasteiger partial charge < -0.3 is 0 Å². The molecule has 0 spiro atoms. The summed E-state index contributed by atoms with van der Waals surface area (Å²) in [5.41, 5.74) is 0. The molecule has 0 bridgehead atoms. The van der Waals surface area contributed by atoms with E-state index in [0.29, 0.717) is 10.8 Å². The molecule has 0 fully saturated rings. The monoisotopic (exact) mass is 263 g/mol. The van der Waals surface area contributed by atoms with Gasteiger partial charge in [-0.15, -0.1) is 11.3 Å². The summed E-state index contributed by atoms with van der Waals surface area (Å²) in [4.78, 5) is 8.10. The molecule has 0 saturated carbocycles. The predicted molar refractivity (Wildman–Crippen MR) is 64.8 cm³/mol. The summed E-state index contributed by atoms with van der Waals surface area (Å²) in [5.74, 6) is 0.289. The zero-order chi connectivity index (χ0) is 12.2. The van der Waals surface area contributed by atoms with Crippen LogP contribution in [0.2, 0.25) is 0 Å². The molecule has 0 aliphatic heterocycles. The van der Waals surface area contributed by atoms with Crippen LogP contribution in [0.25, 0.3) is 0 Å². The van der Waals surface area contributed by atoms with Crippen LogP contribution < -0.4 is 4.89 Å². The molecule has 0 atom stereocenters. The average Bonchev–Trinajstić information content (AvgIpc) is 2.65. The van der Waals surface area contributed by atoms with Gasteiger partial charge in [-0.05, 0) is 24.5 Å². The highest BCUT2D eigenvalue weighted by Gasteiger charge is 2.16. The summed E-state index contributed by atoms with van der Waals surface area (Å²) in [6.45, 7) is 6.26. The molecule has 0 radical (unpaired) electrons. The Morgan fingerprint density at radius 2 is 2.12 bits per heavy atom. The van der Waals surface area contributed by atoms with E-state index in [0.717, 1.165) is 11.3 Å². The van der Waals surface area contributed by atoms with Crippen molar-refractivity contribution in [1.29, 1.82) is 0 Å². The highest BCUT2D eigenvalue weighted by molar-refractivity contribution is 7.91. The molecular formula is C10H17NO3S2. The first-order chi connectivity index (χ1) is 7.45. The van der Waals surface area contributed by atoms with Gasteiger partial charge in [-0.25, -0.2) is 8.42 Å². The van der Waals surface area contributed by atoms with Crippen molar-refractivity contribution in [2.24, 2.45) is 5.92 Å². The van der Waals surface area contributed by atoms with E-state index >= 15 is 0 Å². The Morgan fingerprint density at radius 1 is 1.44 bits per heavy atom. The number of rotatable bonds is 6. The Balaban J connectivity index is 2.63. The van der Waals surface area contributed by atoms with E-state index in [1.807, 2.05) is 26.8 Å². The molecule has 1 aromatic heterocycles. The number of nitrogens with one attached hydrogen (secondary N) is 1. The number of aryl methyl sites for hydroxylation is 1. The first kappa shape index (κ1) is 13.6. The van der Waals surface area contributed by atoms with Crippen molar-refractivity contribution in [3.63, 3.8) is 0 Å². The maximum atomic E-state index is 11.7. The summed E-state index contributed by atoms with van der Waals surface area (Å²) in [7, 11) is -3.50. The van der Waals surface area contributed by atoms with Gasteiger partial charge in [-0.2, -0.15) is 0 Å². The molecule has 4 nitrogen and oxygen atoms in total. The first-order valence-corrected chi connectivity index (χ1v) is 7.48. The van der Waals surface area contributed by atoms with E-state index in [-0.39, 0.29) is 5.92 Å². The third-order valence-corrected chi connectivity index (χ3v) is 4.77. The fourth-order valence-corrected chi connectivity index (χ4v) is 3.10. The Morgan fingerprint density at radius 3 is 2.62 bits per heavy atom. The maximum absolute atomic E-state index is 11.7. The van der Waals surface area contributed by atoms with E-state index in [4.69, 9.17) is 4.84 Å². The van der Waals surface area contributed by atoms with Crippen LogP contribution in [-0.2, 0) is 21.3 Å². The van der Waals surface area contributed by atoms with Gasteiger partial charge in [-0.1, -0.05) is 25.7 Å². The zero-order valence-corrected chi connectivity index (χ0v) is 11.3. The number of sulfonamides is 1. The second kappa shape index (κ2) is 5.77. The third-order valence-electron chi connectivity index (χ3n) is 1.84. The molecule has 0 aromatic carbocycles. The average molecular weight is 263 g/mol. The van der Waals surface area contributed by atoms with E-state index < -0.39 is 10.0 Å². The minimum Gasteiger partial charge on any atom is -0.287 e. The van der Waals surface area contributed by atoms with Crippen molar-refractivity contribution < 1.29 is 13.3 Å². The highest BCUT2D eigenvalue weighted by atomic mass is 32.2. The van der Waals surface area contributed by atoms with Gasteiger partial charge in [0.15, 0.2) is 0 Å². The summed E-state index contributed by atoms with van der Waals surface area (Å²) in [6.07, 6.45) is 0.840. The topological polar surface area (TPSA) is 55.4 Å². The summed E-state index contributed by atoms with van der Waals surface area (Å²) < 4.78 is 23.7. The smallest absolute Gasteiger partial charge is 0.271 e. The van der Waals surface area contributed by atoms with Gasteiger partial charge in [0, 0.05) is 4.88 Å². The van der Waals surface area contributed by atoms with Crippen molar-refractivity contribution in [2.45, 2.75) is 31.4 Å². The van der Waals surface area contributed by atoms with Crippen LogP contribution in [-0.4, -0.2) is 15.0 Å². The summed E-state index contributed by atoms with van der Waals surface area (Å²) >= 11 is 1.27. The standard InChI is InChI=1S/C10H17NO3S2/c1-4-9-5-6-10(15-9)16(12,13)11-14-7-8(2)3/h5-6,8,11H,4,7H2,1-3H3. The third kappa shape index (κ3) is 3.86. The summed E-state index contributed by atoms with van der Waals surface area (Å²) in [5, 5.41) is 0. The molecule has 6 heteroatoms. The highest BCUT2D eigenvalue weighted by Crippen LogP contribution is 2.21. The molecule has 1 N–H and O–H groups in total. The predicted octanol–water partition coefficient (Wildman–Crippen LogP) is 2.18. The van der Waals surface area contributed by atoms with Crippen molar-refractivity contribution >= 4 is 21.4 Å². The second-order valence-electron chi connectivity index (χ2n) is 3.87. The lowest BCUT2D eigenvalue weighted by Crippen LogP contribution is -2.25. The molecule has 0 aliphatic carbocycles. The van der Waals surface area contributed by atoms with Crippen LogP contribution in [0.3, 0.4) is 0 Å². The Labute approximate surface area is 101 Å². The normalized spacial score (nSPS) is 12.2. The Bertz CT molecular complexity index is 423. The lowest BCUT2D eigenvalue weighted by atomic mass is 10.2. The van der Waals surface area contributed by atoms with Crippen molar-refractivity contribution in [2.75, 3.05) is 6.61 Å². The fourth-order valence-electron chi connectivity index (χ4n) is 1.01.